The van der Waals surface area contributed by atoms with Crippen LogP contribution in [0.3, 0.4) is 0 Å². The Bertz CT molecular complexity index is 899. The van der Waals surface area contributed by atoms with Crippen LogP contribution >= 0.6 is 34.8 Å². The molecule has 0 saturated carbocycles. The van der Waals surface area contributed by atoms with E-state index in [-0.39, 0.29) is 44.7 Å². The number of alkyl halides is 1. The average Bonchev–Trinajstić information content (AvgIpc) is 2.71. The van der Waals surface area contributed by atoms with Gasteiger partial charge >= 0.3 is 0 Å². The van der Waals surface area contributed by atoms with E-state index in [0.29, 0.717) is 18.2 Å². The fourth-order valence-corrected chi connectivity index (χ4v) is 4.34. The lowest BCUT2D eigenvalue weighted by Crippen LogP contribution is -2.26. The lowest BCUT2D eigenvalue weighted by Gasteiger charge is -2.15. The monoisotopic (exact) mass is 481 g/mol. The van der Waals surface area contributed by atoms with Gasteiger partial charge in [0.2, 0.25) is 9.84 Å². The summed E-state index contributed by atoms with van der Waals surface area (Å²) in [5.74, 6) is 1.11. The number of aliphatic hydroxyl groups is 1. The highest BCUT2D eigenvalue weighted by Crippen LogP contribution is 2.37. The SMILES string of the molecule is C[C@@H](CCl)COc1c(Cl)cc(S(=O)(=O)c2ccc(OC[C@@H](O)CN)cc2)cc1Cl. The molecular formula is C19H22Cl3NO5S. The van der Waals surface area contributed by atoms with Crippen molar-refractivity contribution in [1.29, 1.82) is 0 Å². The van der Waals surface area contributed by atoms with Crippen LogP contribution in [0.1, 0.15) is 6.92 Å². The third-order valence-electron chi connectivity index (χ3n) is 3.91. The summed E-state index contributed by atoms with van der Waals surface area (Å²) in [5.41, 5.74) is 5.31. The number of sulfone groups is 1. The third kappa shape index (κ3) is 6.38. The van der Waals surface area contributed by atoms with E-state index in [9.17, 15) is 13.5 Å². The molecular weight excluding hydrogens is 461 g/mol. The molecule has 0 unspecified atom stereocenters. The lowest BCUT2D eigenvalue weighted by molar-refractivity contribution is 0.114. The van der Waals surface area contributed by atoms with Gasteiger partial charge in [0.05, 0.1) is 26.4 Å². The molecule has 29 heavy (non-hydrogen) atoms. The Balaban J connectivity index is 2.22. The van der Waals surface area contributed by atoms with Crippen molar-refractivity contribution in [3.63, 3.8) is 0 Å². The maximum atomic E-state index is 12.9. The van der Waals surface area contributed by atoms with Gasteiger partial charge in [-0.25, -0.2) is 8.42 Å². The lowest BCUT2D eigenvalue weighted by atomic mass is 10.2. The van der Waals surface area contributed by atoms with Crippen LogP contribution in [0.25, 0.3) is 0 Å². The van der Waals surface area contributed by atoms with Crippen LogP contribution in [0.15, 0.2) is 46.2 Å². The van der Waals surface area contributed by atoms with Gasteiger partial charge in [-0.05, 0) is 36.4 Å². The predicted octanol–water partition coefficient (Wildman–Crippen LogP) is 3.78. The molecule has 0 saturated heterocycles. The predicted molar refractivity (Wildman–Crippen MR) is 114 cm³/mol. The summed E-state index contributed by atoms with van der Waals surface area (Å²) < 4.78 is 36.7. The Hall–Kier alpha value is -1.22. The highest BCUT2D eigenvalue weighted by atomic mass is 35.5. The van der Waals surface area contributed by atoms with Crippen molar-refractivity contribution >= 4 is 44.6 Å². The van der Waals surface area contributed by atoms with Crippen LogP contribution in [-0.4, -0.2) is 45.3 Å². The summed E-state index contributed by atoms with van der Waals surface area (Å²) in [5, 5.41) is 9.60. The van der Waals surface area contributed by atoms with Gasteiger partial charge in [0.1, 0.15) is 18.5 Å². The van der Waals surface area contributed by atoms with Crippen LogP contribution in [0.2, 0.25) is 10.0 Å². The van der Waals surface area contributed by atoms with E-state index in [4.69, 9.17) is 50.0 Å². The molecule has 0 amide bonds. The molecule has 0 aliphatic heterocycles. The van der Waals surface area contributed by atoms with Crippen molar-refractivity contribution in [3.8, 4) is 11.5 Å². The molecule has 0 spiro atoms. The molecule has 2 aromatic rings. The van der Waals surface area contributed by atoms with E-state index in [1.54, 1.807) is 0 Å². The third-order valence-corrected chi connectivity index (χ3v) is 6.74. The summed E-state index contributed by atoms with van der Waals surface area (Å²) in [6.45, 7) is 2.28. The summed E-state index contributed by atoms with van der Waals surface area (Å²) in [4.78, 5) is -0.0155. The second-order valence-electron chi connectivity index (χ2n) is 6.46. The van der Waals surface area contributed by atoms with Gasteiger partial charge in [0.25, 0.3) is 0 Å². The second kappa shape index (κ2) is 10.7. The Labute approximate surface area is 185 Å². The number of halogens is 3. The first-order chi connectivity index (χ1) is 13.7. The Morgan fingerprint density at radius 2 is 1.62 bits per heavy atom. The standard InChI is InChI=1S/C19H22Cl3NO5S/c1-12(8-20)10-28-19-17(21)6-16(7-18(19)22)29(25,26)15-4-2-14(3-5-15)27-11-13(24)9-23/h2-7,12-13,24H,8-11,23H2,1H3/t12-,13-/m0/s1. The minimum absolute atomic E-state index is 0.0115. The second-order valence-corrected chi connectivity index (χ2v) is 9.53. The van der Waals surface area contributed by atoms with Gasteiger partial charge in [-0.1, -0.05) is 30.1 Å². The minimum Gasteiger partial charge on any atom is -0.491 e. The van der Waals surface area contributed by atoms with E-state index >= 15 is 0 Å². The van der Waals surface area contributed by atoms with Crippen molar-refractivity contribution in [2.45, 2.75) is 22.8 Å². The zero-order valence-corrected chi connectivity index (χ0v) is 18.7. The molecule has 0 heterocycles. The van der Waals surface area contributed by atoms with Crippen molar-refractivity contribution in [2.24, 2.45) is 11.7 Å². The van der Waals surface area contributed by atoms with E-state index in [1.165, 1.54) is 36.4 Å². The van der Waals surface area contributed by atoms with Crippen molar-refractivity contribution in [1.82, 2.24) is 0 Å². The smallest absolute Gasteiger partial charge is 0.206 e. The van der Waals surface area contributed by atoms with Crippen LogP contribution < -0.4 is 15.2 Å². The van der Waals surface area contributed by atoms with Crippen LogP contribution in [-0.2, 0) is 9.84 Å². The largest absolute Gasteiger partial charge is 0.491 e. The van der Waals surface area contributed by atoms with Crippen molar-refractivity contribution in [3.05, 3.63) is 46.4 Å². The van der Waals surface area contributed by atoms with Gasteiger partial charge in [-0.15, -0.1) is 11.6 Å². The zero-order chi connectivity index (χ0) is 21.6. The summed E-state index contributed by atoms with van der Waals surface area (Å²) in [6.07, 6.45) is -0.796. The van der Waals surface area contributed by atoms with Crippen LogP contribution in [0.4, 0.5) is 0 Å². The van der Waals surface area contributed by atoms with Crippen LogP contribution in [0.5, 0.6) is 11.5 Å². The van der Waals surface area contributed by atoms with Crippen molar-refractivity contribution in [2.75, 3.05) is 25.6 Å². The number of benzene rings is 2. The molecule has 2 rings (SSSR count). The van der Waals surface area contributed by atoms with Gasteiger partial charge in [-0.2, -0.15) is 0 Å². The molecule has 0 fully saturated rings. The number of aliphatic hydroxyl groups excluding tert-OH is 1. The average molecular weight is 483 g/mol. The molecule has 0 aromatic heterocycles. The Morgan fingerprint density at radius 3 is 2.14 bits per heavy atom. The summed E-state index contributed by atoms with van der Waals surface area (Å²) in [6, 6.07) is 8.37. The van der Waals surface area contributed by atoms with Crippen LogP contribution in [0, 0.1) is 5.92 Å². The molecule has 2 atom stereocenters. The fourth-order valence-electron chi connectivity index (χ4n) is 2.21. The first-order valence-electron chi connectivity index (χ1n) is 8.73. The molecule has 6 nitrogen and oxygen atoms in total. The highest BCUT2D eigenvalue weighted by molar-refractivity contribution is 7.91. The van der Waals surface area contributed by atoms with Gasteiger partial charge in [-0.3, -0.25) is 0 Å². The molecule has 0 aliphatic rings. The molecule has 2 aromatic carbocycles. The van der Waals surface area contributed by atoms with E-state index in [2.05, 4.69) is 0 Å². The topological polar surface area (TPSA) is 98.9 Å². The van der Waals surface area contributed by atoms with E-state index in [0.717, 1.165) is 0 Å². The maximum absolute atomic E-state index is 12.9. The number of hydrogen-bond acceptors (Lipinski definition) is 6. The highest BCUT2D eigenvalue weighted by Gasteiger charge is 2.22. The molecule has 0 radical (unpaired) electrons. The first-order valence-corrected chi connectivity index (χ1v) is 11.5. The minimum atomic E-state index is -3.86. The van der Waals surface area contributed by atoms with Gasteiger partial charge in [0.15, 0.2) is 5.75 Å². The molecule has 0 aliphatic carbocycles. The molecule has 10 heteroatoms. The van der Waals surface area contributed by atoms with E-state index < -0.39 is 15.9 Å². The molecule has 160 valence electrons. The summed E-state index contributed by atoms with van der Waals surface area (Å²) in [7, 11) is -3.86. The number of ether oxygens (including phenoxy) is 2. The molecule has 3 N–H and O–H groups in total. The summed E-state index contributed by atoms with van der Waals surface area (Å²) >= 11 is 18.2. The first kappa shape index (κ1) is 24.1. The zero-order valence-electron chi connectivity index (χ0n) is 15.6. The maximum Gasteiger partial charge on any atom is 0.206 e. The number of hydrogen-bond donors (Lipinski definition) is 2. The molecule has 0 bridgehead atoms. The number of nitrogens with two attached hydrogens (primary N) is 1. The Kier molecular flexibility index (Phi) is 8.88. The normalized spacial score (nSPS) is 13.7. The Morgan fingerprint density at radius 1 is 1.03 bits per heavy atom. The number of rotatable bonds is 10. The van der Waals surface area contributed by atoms with Gasteiger partial charge < -0.3 is 20.3 Å². The quantitative estimate of drug-likeness (QED) is 0.500. The van der Waals surface area contributed by atoms with Gasteiger partial charge in [0, 0.05) is 18.3 Å². The van der Waals surface area contributed by atoms with E-state index in [1.807, 2.05) is 6.92 Å². The van der Waals surface area contributed by atoms with Crippen molar-refractivity contribution < 1.29 is 23.0 Å². The fraction of sp³-hybridized carbons (Fsp3) is 0.368.